The van der Waals surface area contributed by atoms with E-state index < -0.39 is 0 Å². The highest BCUT2D eigenvalue weighted by Crippen LogP contribution is 2.25. The Morgan fingerprint density at radius 2 is 2.04 bits per heavy atom. The fraction of sp³-hybridized carbons (Fsp3) is 0.444. The summed E-state index contributed by atoms with van der Waals surface area (Å²) in [6.45, 7) is 8.03. The molecule has 0 radical (unpaired) electrons. The number of nitrogens with zero attached hydrogens (tertiary/aromatic N) is 2. The molecule has 1 aromatic heterocycles. The molecule has 0 saturated heterocycles. The number of nitrogens with one attached hydrogen (secondary N) is 1. The molecule has 1 N–H and O–H groups in total. The van der Waals surface area contributed by atoms with Crippen LogP contribution in [0.1, 0.15) is 55.0 Å². The molecule has 1 heterocycles. The molecule has 6 heteroatoms. The van der Waals surface area contributed by atoms with Crippen LogP contribution in [0.4, 0.5) is 4.39 Å². The quantitative estimate of drug-likeness (QED) is 0.905. The third kappa shape index (κ3) is 3.78. The van der Waals surface area contributed by atoms with Gasteiger partial charge in [-0.15, -0.1) is 0 Å². The van der Waals surface area contributed by atoms with Crippen molar-refractivity contribution in [2.24, 2.45) is 7.05 Å². The number of carbonyl (C=O) groups excluding carboxylic acids is 1. The fourth-order valence-electron chi connectivity index (χ4n) is 2.57. The van der Waals surface area contributed by atoms with E-state index in [4.69, 9.17) is 11.6 Å². The second kappa shape index (κ2) is 6.93. The van der Waals surface area contributed by atoms with Gasteiger partial charge in [0.2, 0.25) is 0 Å². The Morgan fingerprint density at radius 1 is 1.38 bits per heavy atom. The first-order valence-corrected chi connectivity index (χ1v) is 8.31. The van der Waals surface area contributed by atoms with E-state index in [1.807, 2.05) is 33.8 Å². The largest absolute Gasteiger partial charge is 0.347 e. The molecule has 0 aliphatic heterocycles. The zero-order valence-electron chi connectivity index (χ0n) is 14.7. The van der Waals surface area contributed by atoms with E-state index in [1.165, 1.54) is 10.7 Å². The topological polar surface area (TPSA) is 46.9 Å². The van der Waals surface area contributed by atoms with Crippen molar-refractivity contribution in [3.05, 3.63) is 51.6 Å². The molecule has 0 bridgehead atoms. The third-order valence-corrected chi connectivity index (χ3v) is 4.30. The number of benzene rings is 1. The third-order valence-electron chi connectivity index (χ3n) is 3.90. The highest BCUT2D eigenvalue weighted by atomic mass is 35.5. The lowest BCUT2D eigenvalue weighted by atomic mass is 9.86. The molecule has 1 aromatic carbocycles. The van der Waals surface area contributed by atoms with Gasteiger partial charge in [0, 0.05) is 13.6 Å². The minimum Gasteiger partial charge on any atom is -0.347 e. The summed E-state index contributed by atoms with van der Waals surface area (Å²) in [4.78, 5) is 12.3. The maximum atomic E-state index is 14.2. The van der Waals surface area contributed by atoms with Crippen LogP contribution in [-0.2, 0) is 25.4 Å². The zero-order chi connectivity index (χ0) is 18.1. The standard InChI is InChI=1S/C18H23ClFN3O/c1-6-14-15(19)16(23(5)22-14)17(24)21-10-11-7-8-12(13(20)9-11)18(2,3)4/h7-9H,6,10H2,1-5H3,(H,21,24)/i20-1. The van der Waals surface area contributed by atoms with Gasteiger partial charge in [-0.05, 0) is 29.0 Å². The number of rotatable bonds is 4. The first kappa shape index (κ1) is 18.5. The summed E-state index contributed by atoms with van der Waals surface area (Å²) in [5, 5.41) is 7.36. The number of hydrogen-bond donors (Lipinski definition) is 1. The molecule has 2 aromatic rings. The molecule has 0 saturated carbocycles. The van der Waals surface area contributed by atoms with Crippen molar-refractivity contribution in [3.63, 3.8) is 0 Å². The minimum absolute atomic E-state index is 0.225. The van der Waals surface area contributed by atoms with Gasteiger partial charge in [-0.2, -0.15) is 5.10 Å². The van der Waals surface area contributed by atoms with E-state index in [2.05, 4.69) is 10.4 Å². The Bertz CT molecular complexity index is 762. The number of carbonyl (C=O) groups is 1. The lowest BCUT2D eigenvalue weighted by Crippen LogP contribution is -2.25. The Balaban J connectivity index is 2.13. The summed E-state index contributed by atoms with van der Waals surface area (Å²) < 4.78 is 15.7. The Morgan fingerprint density at radius 3 is 2.54 bits per heavy atom. The highest BCUT2D eigenvalue weighted by molar-refractivity contribution is 6.34. The molecule has 1 amide bonds. The predicted octanol–water partition coefficient (Wildman–Crippen LogP) is 4.00. The van der Waals surface area contributed by atoms with Gasteiger partial charge >= 0.3 is 0 Å². The minimum atomic E-state index is -0.324. The molecule has 0 aliphatic carbocycles. The second-order valence-corrected chi connectivity index (χ2v) is 7.21. The molecular formula is C18H23ClFN3O. The Hall–Kier alpha value is -1.88. The summed E-state index contributed by atoms with van der Waals surface area (Å²) in [7, 11) is 1.68. The van der Waals surface area contributed by atoms with Crippen molar-refractivity contribution in [1.82, 2.24) is 15.1 Å². The molecule has 0 spiro atoms. The van der Waals surface area contributed by atoms with Gasteiger partial charge in [0.15, 0.2) is 0 Å². The van der Waals surface area contributed by atoms with Gasteiger partial charge in [0.1, 0.15) is 11.5 Å². The number of aryl methyl sites for hydroxylation is 2. The van der Waals surface area contributed by atoms with Crippen LogP contribution in [0.25, 0.3) is 0 Å². The first-order valence-electron chi connectivity index (χ1n) is 7.93. The normalized spacial score (nSPS) is 11.6. The van der Waals surface area contributed by atoms with E-state index in [0.717, 1.165) is 0 Å². The summed E-state index contributed by atoms with van der Waals surface area (Å²) in [6.07, 6.45) is 0.652. The molecule has 0 unspecified atom stereocenters. The van der Waals surface area contributed by atoms with E-state index >= 15 is 0 Å². The molecule has 2 rings (SSSR count). The predicted molar refractivity (Wildman–Crippen MR) is 93.9 cm³/mol. The number of hydrogen-bond acceptors (Lipinski definition) is 2. The molecule has 130 valence electrons. The number of aromatic nitrogens is 2. The van der Waals surface area contributed by atoms with E-state index in [9.17, 15) is 9.18 Å². The monoisotopic (exact) mass is 350 g/mol. The average Bonchev–Trinajstić information content (AvgIpc) is 2.77. The lowest BCUT2D eigenvalue weighted by Gasteiger charge is -2.20. The lowest BCUT2D eigenvalue weighted by molar-refractivity contribution is 0.0941. The molecule has 0 aliphatic rings. The van der Waals surface area contributed by atoms with Gasteiger partial charge in [-0.25, -0.2) is 4.39 Å². The SMILES string of the molecule is CCc1nn(C)c(C(=O)NCc2ccc(C(C)(C)C)c([18F])c2)c1Cl. The van der Waals surface area contributed by atoms with Crippen LogP contribution in [0.2, 0.25) is 5.02 Å². The maximum absolute atomic E-state index is 14.2. The van der Waals surface area contributed by atoms with Crippen molar-refractivity contribution in [2.45, 2.75) is 46.1 Å². The van der Waals surface area contributed by atoms with E-state index in [0.29, 0.717) is 34.0 Å². The van der Waals surface area contributed by atoms with E-state index in [-0.39, 0.29) is 23.7 Å². The summed E-state index contributed by atoms with van der Waals surface area (Å²) >= 11 is 6.20. The van der Waals surface area contributed by atoms with Crippen LogP contribution in [0.15, 0.2) is 18.2 Å². The molecule has 24 heavy (non-hydrogen) atoms. The van der Waals surface area contributed by atoms with Crippen molar-refractivity contribution in [3.8, 4) is 0 Å². The van der Waals surface area contributed by atoms with Crippen LogP contribution in [-0.4, -0.2) is 15.7 Å². The van der Waals surface area contributed by atoms with Crippen LogP contribution < -0.4 is 5.32 Å². The van der Waals surface area contributed by atoms with Crippen molar-refractivity contribution < 1.29 is 9.18 Å². The Kier molecular flexibility index (Phi) is 5.33. The van der Waals surface area contributed by atoms with Crippen LogP contribution in [0, 0.1) is 5.82 Å². The van der Waals surface area contributed by atoms with Crippen LogP contribution >= 0.6 is 11.6 Å². The van der Waals surface area contributed by atoms with Crippen LogP contribution in [0.3, 0.4) is 0 Å². The number of amides is 1. The molecule has 0 atom stereocenters. The summed E-state index contributed by atoms with van der Waals surface area (Å²) in [5.74, 6) is -0.587. The van der Waals surface area contributed by atoms with Crippen molar-refractivity contribution in [1.29, 1.82) is 0 Å². The average molecular weight is 351 g/mol. The van der Waals surface area contributed by atoms with Gasteiger partial charge in [0.25, 0.3) is 5.91 Å². The van der Waals surface area contributed by atoms with Crippen molar-refractivity contribution in [2.75, 3.05) is 0 Å². The van der Waals surface area contributed by atoms with Gasteiger partial charge in [0.05, 0.1) is 10.7 Å². The maximum Gasteiger partial charge on any atom is 0.271 e. The fourth-order valence-corrected chi connectivity index (χ4v) is 2.95. The molecular weight excluding hydrogens is 328 g/mol. The molecule has 4 nitrogen and oxygen atoms in total. The highest BCUT2D eigenvalue weighted by Gasteiger charge is 2.21. The summed E-state index contributed by atoms with van der Waals surface area (Å²) in [5.41, 5.74) is 2.10. The smallest absolute Gasteiger partial charge is 0.271 e. The Labute approximate surface area is 147 Å². The second-order valence-electron chi connectivity index (χ2n) is 6.83. The first-order chi connectivity index (χ1) is 11.1. The molecule has 0 fully saturated rings. The van der Waals surface area contributed by atoms with Crippen molar-refractivity contribution >= 4 is 17.5 Å². The van der Waals surface area contributed by atoms with Gasteiger partial charge in [-0.1, -0.05) is 51.4 Å². The van der Waals surface area contributed by atoms with Gasteiger partial charge in [-0.3, -0.25) is 9.48 Å². The number of halogens is 2. The summed E-state index contributed by atoms with van der Waals surface area (Å²) in [6, 6.07) is 5.05. The van der Waals surface area contributed by atoms with Crippen LogP contribution in [0.5, 0.6) is 0 Å². The van der Waals surface area contributed by atoms with Gasteiger partial charge < -0.3 is 5.32 Å². The zero-order valence-corrected chi connectivity index (χ0v) is 15.5. The van der Waals surface area contributed by atoms with E-state index in [1.54, 1.807) is 13.1 Å².